The summed E-state index contributed by atoms with van der Waals surface area (Å²) in [5.41, 5.74) is 2.17. The predicted octanol–water partition coefficient (Wildman–Crippen LogP) is 4.28. The molecule has 3 nitrogen and oxygen atoms in total. The minimum Gasteiger partial charge on any atom is -0.305 e. The van der Waals surface area contributed by atoms with Gasteiger partial charge in [0.25, 0.3) is 0 Å². The number of aryl methyl sites for hydroxylation is 1. The van der Waals surface area contributed by atoms with E-state index in [2.05, 4.69) is 28.6 Å². The Morgan fingerprint density at radius 2 is 2.00 bits per heavy atom. The molecule has 3 rings (SSSR count). The number of thiophene rings is 1. The van der Waals surface area contributed by atoms with Crippen molar-refractivity contribution < 1.29 is 4.39 Å². The normalized spacial score (nSPS) is 11.0. The second-order valence-electron chi connectivity index (χ2n) is 4.73. The van der Waals surface area contributed by atoms with Crippen molar-refractivity contribution in [3.05, 3.63) is 52.0 Å². The van der Waals surface area contributed by atoms with Gasteiger partial charge in [-0.15, -0.1) is 21.5 Å². The maximum atomic E-state index is 12.9. The molecule has 1 aromatic carbocycles. The Labute approximate surface area is 130 Å². The van der Waals surface area contributed by atoms with Gasteiger partial charge in [0.1, 0.15) is 5.82 Å². The van der Waals surface area contributed by atoms with Crippen LogP contribution in [0.5, 0.6) is 0 Å². The van der Waals surface area contributed by atoms with Gasteiger partial charge in [0.2, 0.25) is 0 Å². The van der Waals surface area contributed by atoms with Crippen LogP contribution in [-0.4, -0.2) is 14.8 Å². The Hall–Kier alpha value is -1.66. The van der Waals surface area contributed by atoms with Gasteiger partial charge >= 0.3 is 0 Å². The Bertz CT molecular complexity index is 747. The third kappa shape index (κ3) is 3.16. The van der Waals surface area contributed by atoms with Gasteiger partial charge in [-0.1, -0.05) is 23.9 Å². The summed E-state index contributed by atoms with van der Waals surface area (Å²) in [6.45, 7) is 2.08. The summed E-state index contributed by atoms with van der Waals surface area (Å²) < 4.78 is 14.9. The Kier molecular flexibility index (Phi) is 4.07. The van der Waals surface area contributed by atoms with Crippen LogP contribution in [0.1, 0.15) is 10.4 Å². The molecule has 0 fully saturated rings. The van der Waals surface area contributed by atoms with Gasteiger partial charge in [-0.25, -0.2) is 4.39 Å². The highest BCUT2D eigenvalue weighted by atomic mass is 32.2. The standard InChI is InChI=1S/C15H14FN3S2/c1-10-7-12(9-20-10)14-17-18-15(19(14)2)21-8-11-3-5-13(16)6-4-11/h3-7,9H,8H2,1-2H3. The van der Waals surface area contributed by atoms with Crippen molar-refractivity contribution in [2.24, 2.45) is 7.05 Å². The smallest absolute Gasteiger partial charge is 0.191 e. The summed E-state index contributed by atoms with van der Waals surface area (Å²) in [6, 6.07) is 8.66. The van der Waals surface area contributed by atoms with Crippen molar-refractivity contribution in [3.8, 4) is 11.4 Å². The maximum Gasteiger partial charge on any atom is 0.191 e. The summed E-state index contributed by atoms with van der Waals surface area (Å²) in [6.07, 6.45) is 0. The number of nitrogens with zero attached hydrogens (tertiary/aromatic N) is 3. The van der Waals surface area contributed by atoms with Crippen molar-refractivity contribution in [2.45, 2.75) is 17.8 Å². The molecule has 2 heterocycles. The first-order chi connectivity index (χ1) is 10.1. The van der Waals surface area contributed by atoms with E-state index < -0.39 is 0 Å². The Morgan fingerprint density at radius 1 is 1.24 bits per heavy atom. The van der Waals surface area contributed by atoms with E-state index in [1.54, 1.807) is 35.2 Å². The molecule has 0 N–H and O–H groups in total. The van der Waals surface area contributed by atoms with Gasteiger partial charge in [0.15, 0.2) is 11.0 Å². The van der Waals surface area contributed by atoms with Crippen molar-refractivity contribution >= 4 is 23.1 Å². The third-order valence-electron chi connectivity index (χ3n) is 3.10. The highest BCUT2D eigenvalue weighted by molar-refractivity contribution is 7.98. The van der Waals surface area contributed by atoms with E-state index in [0.717, 1.165) is 27.9 Å². The molecule has 0 atom stereocenters. The van der Waals surface area contributed by atoms with E-state index in [1.165, 1.54) is 17.0 Å². The molecule has 21 heavy (non-hydrogen) atoms. The summed E-state index contributed by atoms with van der Waals surface area (Å²) in [5, 5.41) is 11.5. The van der Waals surface area contributed by atoms with Gasteiger partial charge in [-0.2, -0.15) is 0 Å². The molecule has 2 aromatic heterocycles. The monoisotopic (exact) mass is 319 g/mol. The largest absolute Gasteiger partial charge is 0.305 e. The van der Waals surface area contributed by atoms with Crippen molar-refractivity contribution in [1.82, 2.24) is 14.8 Å². The van der Waals surface area contributed by atoms with Crippen LogP contribution in [-0.2, 0) is 12.8 Å². The summed E-state index contributed by atoms with van der Waals surface area (Å²) in [4.78, 5) is 1.26. The lowest BCUT2D eigenvalue weighted by Gasteiger charge is -2.03. The van der Waals surface area contributed by atoms with Crippen LogP contribution in [0.4, 0.5) is 4.39 Å². The minimum absolute atomic E-state index is 0.211. The first-order valence-electron chi connectivity index (χ1n) is 6.45. The molecule has 0 aliphatic carbocycles. The van der Waals surface area contributed by atoms with Gasteiger partial charge in [0.05, 0.1) is 0 Å². The molecule has 0 saturated heterocycles. The van der Waals surface area contributed by atoms with E-state index in [-0.39, 0.29) is 5.82 Å². The first-order valence-corrected chi connectivity index (χ1v) is 8.32. The molecule has 0 radical (unpaired) electrons. The number of hydrogen-bond donors (Lipinski definition) is 0. The third-order valence-corrected chi connectivity index (χ3v) is 5.06. The SMILES string of the molecule is Cc1cc(-c2nnc(SCc3ccc(F)cc3)n2C)cs1. The Balaban J connectivity index is 1.75. The molecule has 6 heteroatoms. The summed E-state index contributed by atoms with van der Waals surface area (Å²) in [7, 11) is 1.97. The van der Waals surface area contributed by atoms with Crippen LogP contribution in [0.2, 0.25) is 0 Å². The molecule has 0 amide bonds. The average molecular weight is 319 g/mol. The molecule has 0 aliphatic rings. The van der Waals surface area contributed by atoms with E-state index in [0.29, 0.717) is 0 Å². The van der Waals surface area contributed by atoms with Gasteiger partial charge in [0, 0.05) is 28.6 Å². The maximum absolute atomic E-state index is 12.9. The minimum atomic E-state index is -0.211. The molecular formula is C15H14FN3S2. The average Bonchev–Trinajstić information content (AvgIpc) is 3.05. The second kappa shape index (κ2) is 5.99. The zero-order valence-corrected chi connectivity index (χ0v) is 13.3. The highest BCUT2D eigenvalue weighted by Gasteiger charge is 2.12. The van der Waals surface area contributed by atoms with Gasteiger partial charge in [-0.05, 0) is 30.7 Å². The van der Waals surface area contributed by atoms with Crippen LogP contribution >= 0.6 is 23.1 Å². The lowest BCUT2D eigenvalue weighted by molar-refractivity contribution is 0.627. The Morgan fingerprint density at radius 3 is 2.67 bits per heavy atom. The lowest BCUT2D eigenvalue weighted by Crippen LogP contribution is -1.94. The zero-order valence-electron chi connectivity index (χ0n) is 11.7. The highest BCUT2D eigenvalue weighted by Crippen LogP contribution is 2.27. The number of rotatable bonds is 4. The predicted molar refractivity (Wildman–Crippen MR) is 85.0 cm³/mol. The molecule has 3 aromatic rings. The molecule has 0 bridgehead atoms. The fourth-order valence-corrected chi connectivity index (χ4v) is 3.53. The van der Waals surface area contributed by atoms with E-state index in [4.69, 9.17) is 0 Å². The molecule has 0 spiro atoms. The van der Waals surface area contributed by atoms with Crippen molar-refractivity contribution in [1.29, 1.82) is 0 Å². The molecule has 0 unspecified atom stereocenters. The molecule has 0 saturated carbocycles. The molecule has 108 valence electrons. The van der Waals surface area contributed by atoms with Crippen LogP contribution in [0.15, 0.2) is 40.9 Å². The van der Waals surface area contributed by atoms with E-state index in [1.807, 2.05) is 11.6 Å². The number of halogens is 1. The first kappa shape index (κ1) is 14.3. The number of aromatic nitrogens is 3. The number of benzene rings is 1. The van der Waals surface area contributed by atoms with Crippen LogP contribution in [0, 0.1) is 12.7 Å². The fraction of sp³-hybridized carbons (Fsp3) is 0.200. The topological polar surface area (TPSA) is 30.7 Å². The van der Waals surface area contributed by atoms with E-state index >= 15 is 0 Å². The van der Waals surface area contributed by atoms with E-state index in [9.17, 15) is 4.39 Å². The summed E-state index contributed by atoms with van der Waals surface area (Å²) in [5.74, 6) is 1.41. The number of hydrogen-bond acceptors (Lipinski definition) is 4. The summed E-state index contributed by atoms with van der Waals surface area (Å²) >= 11 is 3.30. The van der Waals surface area contributed by atoms with Gasteiger partial charge in [-0.3, -0.25) is 0 Å². The van der Waals surface area contributed by atoms with Crippen LogP contribution < -0.4 is 0 Å². The molecule has 0 aliphatic heterocycles. The lowest BCUT2D eigenvalue weighted by atomic mass is 10.2. The van der Waals surface area contributed by atoms with Crippen molar-refractivity contribution in [3.63, 3.8) is 0 Å². The van der Waals surface area contributed by atoms with Crippen LogP contribution in [0.3, 0.4) is 0 Å². The number of thioether (sulfide) groups is 1. The second-order valence-corrected chi connectivity index (χ2v) is 6.78. The van der Waals surface area contributed by atoms with Crippen LogP contribution in [0.25, 0.3) is 11.4 Å². The molecular weight excluding hydrogens is 305 g/mol. The zero-order chi connectivity index (χ0) is 14.8. The van der Waals surface area contributed by atoms with Gasteiger partial charge < -0.3 is 4.57 Å². The fourth-order valence-electron chi connectivity index (χ4n) is 1.98. The van der Waals surface area contributed by atoms with Crippen molar-refractivity contribution in [2.75, 3.05) is 0 Å². The quantitative estimate of drug-likeness (QED) is 0.672.